The molecule has 0 rings (SSSR count). The van der Waals surface area contributed by atoms with E-state index in [-0.39, 0.29) is 442 Å². The van der Waals surface area contributed by atoms with E-state index in [9.17, 15) is 0 Å². The van der Waals surface area contributed by atoms with Crippen molar-refractivity contribution < 1.29 is 442 Å². The molecule has 0 nitrogen and oxygen atoms in total. The molecular formula is H27F15Na12. The fraction of sp³-hybridized carbons (Fsp3) is 0. The van der Waals surface area contributed by atoms with Gasteiger partial charge < -0.3 is 17.1 Å². The second-order valence-corrected chi connectivity index (χ2v) is 0. The normalized spacial score (nSPS) is 0. The summed E-state index contributed by atoms with van der Waals surface area (Å²) in [5, 5.41) is 0. The van der Waals surface area contributed by atoms with Crippen molar-refractivity contribution in [3.63, 3.8) is 0 Å². The van der Waals surface area contributed by atoms with Gasteiger partial charge in [0.15, 0.2) is 0 Å². The first-order valence-electron chi connectivity index (χ1n) is 0. The molecule has 0 N–H and O–H groups in total. The third-order valence-corrected chi connectivity index (χ3v) is 0. The molecule has 0 radical (unpaired) electrons. The summed E-state index contributed by atoms with van der Waals surface area (Å²) >= 11 is 0. The van der Waals surface area contributed by atoms with E-state index in [1.165, 1.54) is 0 Å². The van der Waals surface area contributed by atoms with Gasteiger partial charge in [-0.2, -0.15) is 0 Å². The van der Waals surface area contributed by atoms with Crippen molar-refractivity contribution in [2.24, 2.45) is 0 Å². The molecule has 0 aliphatic rings. The minimum absolute atomic E-state index is 0. The van der Waals surface area contributed by atoms with Crippen molar-refractivity contribution in [3.8, 4) is 0 Å². The van der Waals surface area contributed by atoms with E-state index < -0.39 is 0 Å². The second kappa shape index (κ2) is 398. The topological polar surface area (TPSA) is 0 Å². The molecule has 0 aromatic heterocycles. The molecule has 0 aliphatic carbocycles. The van der Waals surface area contributed by atoms with Crippen molar-refractivity contribution in [1.82, 2.24) is 0 Å². The van der Waals surface area contributed by atoms with Crippen LogP contribution in [0.2, 0.25) is 0 Å². The van der Waals surface area contributed by atoms with Crippen LogP contribution in [0.3, 0.4) is 0 Å². The quantitative estimate of drug-likeness (QED) is 0.195. The Hall–Kier alpha value is 10.9. The molecule has 0 aromatic rings. The van der Waals surface area contributed by atoms with Gasteiger partial charge in [-0.3, -0.25) is 70.6 Å². The van der Waals surface area contributed by atoms with Gasteiger partial charge in [-0.15, -0.1) is 0 Å². The Bertz CT molecular complexity index is 61.5. The standard InChI is InChI=1S/15FH.12Na.12H/h15*1H;;;;;;;;;;;;;;;;;;;;;;;;/q;;;;;;;;;;;;;;;12*+1;12*-1. The predicted octanol–water partition coefficient (Wildman–Crippen LogP) is -32.3. The zero-order chi connectivity index (χ0) is 0. The maximum Gasteiger partial charge on any atom is 1.00 e. The van der Waals surface area contributed by atoms with Crippen molar-refractivity contribution in [2.45, 2.75) is 0 Å². The first-order chi connectivity index (χ1) is 0. The molecule has 0 aromatic carbocycles. The number of rotatable bonds is 0. The summed E-state index contributed by atoms with van der Waals surface area (Å²) < 4.78 is 0. The maximum absolute atomic E-state index is 0. The van der Waals surface area contributed by atoms with Crippen LogP contribution in [0.4, 0.5) is 70.6 Å². The zero-order valence-electron chi connectivity index (χ0n) is 30.1. The average Bonchev–Trinajstić information content (AvgIpc) is 0. The van der Waals surface area contributed by atoms with E-state index >= 15 is 0 Å². The monoisotopic (exact) mass is 588 g/mol. The van der Waals surface area contributed by atoms with Crippen molar-refractivity contribution in [3.05, 3.63) is 0 Å². The fourth-order valence-corrected chi connectivity index (χ4v) is 0. The molecule has 0 bridgehead atoms. The molecule has 0 spiro atoms. The first-order valence-corrected chi connectivity index (χ1v) is 0. The van der Waals surface area contributed by atoms with Crippen LogP contribution in [0.1, 0.15) is 17.1 Å². The van der Waals surface area contributed by atoms with E-state index in [1.807, 2.05) is 0 Å². The van der Waals surface area contributed by atoms with Gasteiger partial charge >= 0.3 is 355 Å². The average molecular weight is 588 g/mol. The Morgan fingerprint density at radius 3 is 0.111 bits per heavy atom. The smallest absolute Gasteiger partial charge is 1.00 e. The Kier molecular flexibility index (Phi) is 6370. The van der Waals surface area contributed by atoms with E-state index in [1.54, 1.807) is 0 Å². The van der Waals surface area contributed by atoms with Crippen LogP contribution in [-0.4, -0.2) is 0 Å². The molecule has 0 heterocycles. The van der Waals surface area contributed by atoms with Gasteiger partial charge in [-0.1, -0.05) is 0 Å². The molecule has 0 fully saturated rings. The summed E-state index contributed by atoms with van der Waals surface area (Å²) in [6.07, 6.45) is 0. The van der Waals surface area contributed by atoms with Crippen LogP contribution >= 0.6 is 0 Å². The molecule has 0 atom stereocenters. The van der Waals surface area contributed by atoms with Crippen LogP contribution in [-0.2, 0) is 0 Å². The fourth-order valence-electron chi connectivity index (χ4n) is 0. The van der Waals surface area contributed by atoms with Crippen molar-refractivity contribution in [2.75, 3.05) is 0 Å². The molecule has 0 amide bonds. The third-order valence-electron chi connectivity index (χ3n) is 0. The molecule has 0 unspecified atom stereocenters. The van der Waals surface area contributed by atoms with Gasteiger partial charge in [-0.05, 0) is 0 Å². The predicted molar refractivity (Wildman–Crippen MR) is 50.9 cm³/mol. The maximum atomic E-state index is 0. The molecule has 27 heteroatoms. The minimum atomic E-state index is 0. The number of halogens is 15. The third kappa shape index (κ3) is 376. The molecule has 144 valence electrons. The summed E-state index contributed by atoms with van der Waals surface area (Å²) in [4.78, 5) is 0. The van der Waals surface area contributed by atoms with Crippen LogP contribution in [0.15, 0.2) is 0 Å². The van der Waals surface area contributed by atoms with Crippen LogP contribution in [0.5, 0.6) is 0 Å². The van der Waals surface area contributed by atoms with Gasteiger partial charge in [0.1, 0.15) is 0 Å². The molecule has 0 saturated carbocycles. The van der Waals surface area contributed by atoms with Gasteiger partial charge in [-0.25, -0.2) is 0 Å². The summed E-state index contributed by atoms with van der Waals surface area (Å²) in [6, 6.07) is 0. The zero-order valence-corrected chi connectivity index (χ0v) is 42.1. The Balaban J connectivity index is 0. The SMILES string of the molecule is F.F.F.F.F.F.F.F.F.F.F.F.F.F.F.[H-].[H-].[H-].[H-].[H-].[H-].[H-].[H-].[H-].[H-].[H-].[H-].[Na+].[Na+].[Na+].[Na+].[Na+].[Na+].[Na+].[Na+].[Na+].[Na+].[Na+].[Na+]. The van der Waals surface area contributed by atoms with E-state index in [4.69, 9.17) is 0 Å². The summed E-state index contributed by atoms with van der Waals surface area (Å²) in [5.41, 5.74) is 0. The van der Waals surface area contributed by atoms with E-state index in [0.29, 0.717) is 0 Å². The summed E-state index contributed by atoms with van der Waals surface area (Å²) in [5.74, 6) is 0. The number of hydrogen-bond donors (Lipinski definition) is 0. The van der Waals surface area contributed by atoms with Gasteiger partial charge in [0.2, 0.25) is 0 Å². The van der Waals surface area contributed by atoms with E-state index in [0.717, 1.165) is 0 Å². The summed E-state index contributed by atoms with van der Waals surface area (Å²) in [7, 11) is 0. The summed E-state index contributed by atoms with van der Waals surface area (Å²) in [6.45, 7) is 0. The Labute approximate surface area is 431 Å². The molecule has 0 aliphatic heterocycles. The van der Waals surface area contributed by atoms with Crippen LogP contribution < -0.4 is 355 Å². The van der Waals surface area contributed by atoms with Gasteiger partial charge in [0, 0.05) is 0 Å². The van der Waals surface area contributed by atoms with E-state index in [2.05, 4.69) is 0 Å². The van der Waals surface area contributed by atoms with Crippen LogP contribution in [0.25, 0.3) is 0 Å². The van der Waals surface area contributed by atoms with Crippen molar-refractivity contribution in [1.29, 1.82) is 0 Å². The van der Waals surface area contributed by atoms with Gasteiger partial charge in [0.05, 0.1) is 0 Å². The van der Waals surface area contributed by atoms with Gasteiger partial charge in [0.25, 0.3) is 0 Å². The molecular weight excluding hydrogens is 561 g/mol. The largest absolute Gasteiger partial charge is 1.00 e. The van der Waals surface area contributed by atoms with Crippen molar-refractivity contribution >= 4 is 0 Å². The molecule has 0 saturated heterocycles. The Morgan fingerprint density at radius 2 is 0.111 bits per heavy atom. The first kappa shape index (κ1) is 432. The second-order valence-electron chi connectivity index (χ2n) is 0. The minimum Gasteiger partial charge on any atom is -1.00 e. The number of hydrogen-bond acceptors (Lipinski definition) is 0. The van der Waals surface area contributed by atoms with Crippen LogP contribution in [0, 0.1) is 0 Å². The molecule has 27 heavy (non-hydrogen) atoms. The Morgan fingerprint density at radius 1 is 0.111 bits per heavy atom.